The lowest BCUT2D eigenvalue weighted by Gasteiger charge is -2.00. The summed E-state index contributed by atoms with van der Waals surface area (Å²) in [5.74, 6) is 0.664. The summed E-state index contributed by atoms with van der Waals surface area (Å²) in [7, 11) is 0. The average Bonchev–Trinajstić information content (AvgIpc) is 2.90. The van der Waals surface area contributed by atoms with Gasteiger partial charge in [-0.15, -0.1) is 11.3 Å². The number of hydrogen-bond donors (Lipinski definition) is 2. The Morgan fingerprint density at radius 2 is 2.53 bits per heavy atom. The van der Waals surface area contributed by atoms with Gasteiger partial charge in [0.05, 0.1) is 11.7 Å². The molecule has 0 atom stereocenters. The van der Waals surface area contributed by atoms with Crippen LogP contribution in [0.15, 0.2) is 18.0 Å². The van der Waals surface area contributed by atoms with Crippen molar-refractivity contribution in [2.45, 2.75) is 6.42 Å². The predicted octanol–water partition coefficient (Wildman–Crippen LogP) is 0.234. The third-order valence-corrected chi connectivity index (χ3v) is 2.54. The second-order valence-electron chi connectivity index (χ2n) is 2.80. The summed E-state index contributed by atoms with van der Waals surface area (Å²) in [5, 5.41) is 9.20. The molecular formula is C8H9N5OS. The standard InChI is InChI=1S/C8H9N5OS/c14-8(6-3-9-5-15-6)10-2-1-7-11-4-12-13-7/h3-5H,1-2H2,(H,10,14)(H,11,12,13). The molecule has 0 bridgehead atoms. The van der Waals surface area contributed by atoms with Crippen molar-refractivity contribution in [3.8, 4) is 0 Å². The van der Waals surface area contributed by atoms with Crippen LogP contribution in [-0.2, 0) is 6.42 Å². The Kier molecular flexibility index (Phi) is 3.03. The largest absolute Gasteiger partial charge is 0.351 e. The number of nitrogens with one attached hydrogen (secondary N) is 2. The minimum absolute atomic E-state index is 0.1000. The fourth-order valence-corrected chi connectivity index (χ4v) is 1.60. The number of carbonyl (C=O) groups is 1. The Hall–Kier alpha value is -1.76. The summed E-state index contributed by atoms with van der Waals surface area (Å²) in [6.07, 6.45) is 3.64. The van der Waals surface area contributed by atoms with E-state index in [1.165, 1.54) is 17.7 Å². The van der Waals surface area contributed by atoms with Gasteiger partial charge in [-0.05, 0) is 0 Å². The molecule has 0 spiro atoms. The SMILES string of the molecule is O=C(NCCc1ncn[nH]1)c1cncs1. The van der Waals surface area contributed by atoms with E-state index < -0.39 is 0 Å². The zero-order valence-electron chi connectivity index (χ0n) is 7.80. The number of aromatic amines is 1. The minimum Gasteiger partial charge on any atom is -0.351 e. The Morgan fingerprint density at radius 1 is 1.60 bits per heavy atom. The Morgan fingerprint density at radius 3 is 3.20 bits per heavy atom. The number of hydrogen-bond acceptors (Lipinski definition) is 5. The number of carbonyl (C=O) groups excluding carboxylic acids is 1. The fraction of sp³-hybridized carbons (Fsp3) is 0.250. The van der Waals surface area contributed by atoms with E-state index in [4.69, 9.17) is 0 Å². The highest BCUT2D eigenvalue weighted by Crippen LogP contribution is 2.04. The highest BCUT2D eigenvalue weighted by Gasteiger charge is 2.06. The van der Waals surface area contributed by atoms with Gasteiger partial charge in [0.15, 0.2) is 0 Å². The molecule has 2 aromatic rings. The molecule has 0 fully saturated rings. The normalized spacial score (nSPS) is 10.1. The van der Waals surface area contributed by atoms with E-state index >= 15 is 0 Å². The summed E-state index contributed by atoms with van der Waals surface area (Å²) < 4.78 is 0. The summed E-state index contributed by atoms with van der Waals surface area (Å²) in [4.78, 5) is 19.8. The zero-order valence-corrected chi connectivity index (χ0v) is 8.62. The van der Waals surface area contributed by atoms with Gasteiger partial charge in [0, 0.05) is 13.0 Å². The van der Waals surface area contributed by atoms with Crippen LogP contribution in [0.3, 0.4) is 0 Å². The van der Waals surface area contributed by atoms with E-state index in [0.29, 0.717) is 17.8 Å². The lowest BCUT2D eigenvalue weighted by atomic mass is 10.4. The highest BCUT2D eigenvalue weighted by atomic mass is 32.1. The van der Waals surface area contributed by atoms with E-state index in [1.807, 2.05) is 0 Å². The summed E-state index contributed by atoms with van der Waals surface area (Å²) in [5.41, 5.74) is 1.63. The maximum absolute atomic E-state index is 11.4. The number of aromatic nitrogens is 4. The molecule has 0 aromatic carbocycles. The van der Waals surface area contributed by atoms with Crippen molar-refractivity contribution in [1.82, 2.24) is 25.5 Å². The van der Waals surface area contributed by atoms with Gasteiger partial charge in [-0.1, -0.05) is 0 Å². The molecule has 0 saturated carbocycles. The molecule has 0 aliphatic rings. The van der Waals surface area contributed by atoms with E-state index in [0.717, 1.165) is 5.82 Å². The van der Waals surface area contributed by atoms with Crippen LogP contribution in [0, 0.1) is 0 Å². The minimum atomic E-state index is -0.1000. The van der Waals surface area contributed by atoms with Crippen molar-refractivity contribution in [1.29, 1.82) is 0 Å². The van der Waals surface area contributed by atoms with Gasteiger partial charge in [-0.25, -0.2) is 4.98 Å². The van der Waals surface area contributed by atoms with Gasteiger partial charge in [-0.2, -0.15) is 5.10 Å². The maximum atomic E-state index is 11.4. The van der Waals surface area contributed by atoms with Crippen LogP contribution in [0.5, 0.6) is 0 Å². The Balaban J connectivity index is 1.77. The quantitative estimate of drug-likeness (QED) is 0.777. The molecular weight excluding hydrogens is 214 g/mol. The van der Waals surface area contributed by atoms with Crippen molar-refractivity contribution in [2.75, 3.05) is 6.54 Å². The molecule has 2 aromatic heterocycles. The topological polar surface area (TPSA) is 83.6 Å². The average molecular weight is 223 g/mol. The van der Waals surface area contributed by atoms with E-state index in [2.05, 4.69) is 25.5 Å². The molecule has 7 heteroatoms. The Labute approximate surface area is 89.8 Å². The molecule has 0 unspecified atom stereocenters. The number of rotatable bonds is 4. The molecule has 0 saturated heterocycles. The van der Waals surface area contributed by atoms with Crippen LogP contribution in [0.25, 0.3) is 0 Å². The van der Waals surface area contributed by atoms with E-state index in [9.17, 15) is 4.79 Å². The fourth-order valence-electron chi connectivity index (χ4n) is 1.06. The second-order valence-corrected chi connectivity index (χ2v) is 3.69. The van der Waals surface area contributed by atoms with Gasteiger partial charge < -0.3 is 5.32 Å². The first-order chi connectivity index (χ1) is 7.36. The molecule has 78 valence electrons. The number of thiazole rings is 1. The van der Waals surface area contributed by atoms with Crippen molar-refractivity contribution >= 4 is 17.2 Å². The molecule has 1 amide bonds. The van der Waals surface area contributed by atoms with Crippen molar-refractivity contribution in [2.24, 2.45) is 0 Å². The molecule has 0 aliphatic carbocycles. The predicted molar refractivity (Wildman–Crippen MR) is 54.5 cm³/mol. The van der Waals surface area contributed by atoms with Gasteiger partial charge in [-0.3, -0.25) is 14.9 Å². The maximum Gasteiger partial charge on any atom is 0.263 e. The van der Waals surface area contributed by atoms with Crippen molar-refractivity contribution in [3.05, 3.63) is 28.7 Å². The van der Waals surface area contributed by atoms with E-state index in [-0.39, 0.29) is 5.91 Å². The lowest BCUT2D eigenvalue weighted by molar-refractivity contribution is 0.0958. The van der Waals surface area contributed by atoms with Crippen LogP contribution in [0.1, 0.15) is 15.5 Å². The van der Waals surface area contributed by atoms with Crippen LogP contribution >= 0.6 is 11.3 Å². The van der Waals surface area contributed by atoms with Gasteiger partial charge in [0.25, 0.3) is 5.91 Å². The Bertz CT molecular complexity index is 410. The zero-order chi connectivity index (χ0) is 10.5. The lowest BCUT2D eigenvalue weighted by Crippen LogP contribution is -2.25. The first-order valence-electron chi connectivity index (χ1n) is 4.37. The summed E-state index contributed by atoms with van der Waals surface area (Å²) in [6.45, 7) is 0.534. The van der Waals surface area contributed by atoms with Gasteiger partial charge in [0.2, 0.25) is 0 Å². The van der Waals surface area contributed by atoms with Gasteiger partial charge in [0.1, 0.15) is 17.0 Å². The molecule has 0 radical (unpaired) electrons. The summed E-state index contributed by atoms with van der Waals surface area (Å²) in [6, 6.07) is 0. The third-order valence-electron chi connectivity index (χ3n) is 1.77. The van der Waals surface area contributed by atoms with Crippen molar-refractivity contribution < 1.29 is 4.79 Å². The van der Waals surface area contributed by atoms with Crippen LogP contribution in [0.2, 0.25) is 0 Å². The molecule has 2 N–H and O–H groups in total. The second kappa shape index (κ2) is 4.65. The third kappa shape index (κ3) is 2.59. The molecule has 6 nitrogen and oxygen atoms in total. The monoisotopic (exact) mass is 223 g/mol. The molecule has 0 aliphatic heterocycles. The number of amides is 1. The number of nitrogens with zero attached hydrogens (tertiary/aromatic N) is 3. The molecule has 2 rings (SSSR count). The molecule has 2 heterocycles. The van der Waals surface area contributed by atoms with Crippen LogP contribution in [0.4, 0.5) is 0 Å². The summed E-state index contributed by atoms with van der Waals surface area (Å²) >= 11 is 1.32. The van der Waals surface area contributed by atoms with E-state index in [1.54, 1.807) is 11.7 Å². The van der Waals surface area contributed by atoms with Crippen LogP contribution in [-0.4, -0.2) is 32.6 Å². The smallest absolute Gasteiger partial charge is 0.263 e. The van der Waals surface area contributed by atoms with Crippen molar-refractivity contribution in [3.63, 3.8) is 0 Å². The van der Waals surface area contributed by atoms with Gasteiger partial charge >= 0.3 is 0 Å². The highest BCUT2D eigenvalue weighted by molar-refractivity contribution is 7.11. The van der Waals surface area contributed by atoms with Crippen LogP contribution < -0.4 is 5.32 Å². The first-order valence-corrected chi connectivity index (χ1v) is 5.25. The molecule has 15 heavy (non-hydrogen) atoms. The number of H-pyrrole nitrogens is 1. The first kappa shape index (κ1) is 9.78.